The Balaban J connectivity index is 1.56. The number of para-hydroxylation sites is 2. The van der Waals surface area contributed by atoms with E-state index in [0.29, 0.717) is 30.9 Å². The summed E-state index contributed by atoms with van der Waals surface area (Å²) in [7, 11) is 0. The van der Waals surface area contributed by atoms with E-state index in [4.69, 9.17) is 10.00 Å². The molecular formula is C19H22N4O3. The fourth-order valence-corrected chi connectivity index (χ4v) is 2.16. The second-order valence-corrected chi connectivity index (χ2v) is 5.52. The number of ether oxygens (including phenoxy) is 1. The highest BCUT2D eigenvalue weighted by atomic mass is 16.5. The lowest BCUT2D eigenvalue weighted by Gasteiger charge is -2.14. The van der Waals surface area contributed by atoms with Crippen LogP contribution in [0.25, 0.3) is 0 Å². The molecule has 0 aliphatic carbocycles. The van der Waals surface area contributed by atoms with Crippen LogP contribution >= 0.6 is 0 Å². The molecule has 136 valence electrons. The summed E-state index contributed by atoms with van der Waals surface area (Å²) in [5.74, 6) is 0.452. The van der Waals surface area contributed by atoms with Gasteiger partial charge in [-0.1, -0.05) is 30.3 Å². The molecule has 2 aromatic carbocycles. The molecule has 0 aromatic heterocycles. The number of nitrogens with one attached hydrogen (secondary N) is 3. The van der Waals surface area contributed by atoms with Gasteiger partial charge in [-0.3, -0.25) is 0 Å². The fraction of sp³-hybridized carbons (Fsp3) is 0.263. The standard InChI is InChI=1S/C19H22N4O3/c20-12-15-6-4-5-9-18(15)26-14-17(24)13-21-10-11-22-19(25)23-16-7-2-1-3-8-16/h1-9,17,21,24H,10-11,13-14H2,(H2,22,23,25)/t17-/m0/s1. The summed E-state index contributed by atoms with van der Waals surface area (Å²) in [6.45, 7) is 1.32. The molecule has 0 bridgehead atoms. The number of benzene rings is 2. The lowest BCUT2D eigenvalue weighted by atomic mass is 10.2. The van der Waals surface area contributed by atoms with Crippen LogP contribution < -0.4 is 20.7 Å². The van der Waals surface area contributed by atoms with Gasteiger partial charge in [0, 0.05) is 25.3 Å². The zero-order valence-electron chi connectivity index (χ0n) is 14.3. The van der Waals surface area contributed by atoms with Gasteiger partial charge in [-0.05, 0) is 24.3 Å². The third-order valence-corrected chi connectivity index (χ3v) is 3.44. The molecule has 0 heterocycles. The van der Waals surface area contributed by atoms with Crippen molar-refractivity contribution in [3.63, 3.8) is 0 Å². The molecule has 2 aromatic rings. The first-order chi connectivity index (χ1) is 12.7. The summed E-state index contributed by atoms with van der Waals surface area (Å²) >= 11 is 0. The molecule has 0 aliphatic rings. The molecule has 0 aliphatic heterocycles. The Bertz CT molecular complexity index is 731. The van der Waals surface area contributed by atoms with E-state index in [1.54, 1.807) is 36.4 Å². The highest BCUT2D eigenvalue weighted by Gasteiger charge is 2.07. The first-order valence-corrected chi connectivity index (χ1v) is 8.29. The minimum atomic E-state index is -0.722. The molecule has 4 N–H and O–H groups in total. The zero-order valence-corrected chi connectivity index (χ0v) is 14.3. The fourth-order valence-electron chi connectivity index (χ4n) is 2.16. The van der Waals surface area contributed by atoms with Crippen LogP contribution in [0.5, 0.6) is 5.75 Å². The van der Waals surface area contributed by atoms with Crippen LogP contribution in [0.2, 0.25) is 0 Å². The molecule has 0 saturated heterocycles. The number of anilines is 1. The molecule has 0 fully saturated rings. The van der Waals surface area contributed by atoms with Gasteiger partial charge in [-0.25, -0.2) is 4.79 Å². The number of aliphatic hydroxyl groups excluding tert-OH is 1. The maximum absolute atomic E-state index is 11.7. The number of amides is 2. The van der Waals surface area contributed by atoms with Crippen LogP contribution in [0.4, 0.5) is 10.5 Å². The van der Waals surface area contributed by atoms with Crippen LogP contribution in [0.3, 0.4) is 0 Å². The molecule has 7 heteroatoms. The largest absolute Gasteiger partial charge is 0.489 e. The number of hydrogen-bond donors (Lipinski definition) is 4. The number of nitrogens with zero attached hydrogens (tertiary/aromatic N) is 1. The van der Waals surface area contributed by atoms with Crippen LogP contribution in [-0.4, -0.2) is 43.5 Å². The van der Waals surface area contributed by atoms with Gasteiger partial charge in [-0.2, -0.15) is 5.26 Å². The smallest absolute Gasteiger partial charge is 0.319 e. The Morgan fingerprint density at radius 2 is 1.85 bits per heavy atom. The number of hydrogen-bond acceptors (Lipinski definition) is 5. The van der Waals surface area contributed by atoms with Crippen molar-refractivity contribution in [2.45, 2.75) is 6.10 Å². The lowest BCUT2D eigenvalue weighted by molar-refractivity contribution is 0.106. The van der Waals surface area contributed by atoms with Gasteiger partial charge in [0.15, 0.2) is 0 Å². The van der Waals surface area contributed by atoms with Gasteiger partial charge in [0.2, 0.25) is 0 Å². The van der Waals surface area contributed by atoms with Gasteiger partial charge in [0.1, 0.15) is 24.5 Å². The van der Waals surface area contributed by atoms with Crippen molar-refractivity contribution < 1.29 is 14.6 Å². The first kappa shape index (κ1) is 19.2. The number of carbonyl (C=O) groups excluding carboxylic acids is 1. The summed E-state index contributed by atoms with van der Waals surface area (Å²) in [5, 5.41) is 27.4. The third kappa shape index (κ3) is 6.81. The minimum Gasteiger partial charge on any atom is -0.489 e. The SMILES string of the molecule is N#Cc1ccccc1OC[C@@H](O)CNCCNC(=O)Nc1ccccc1. The van der Waals surface area contributed by atoms with Crippen molar-refractivity contribution >= 4 is 11.7 Å². The lowest BCUT2D eigenvalue weighted by Crippen LogP contribution is -2.38. The Hall–Kier alpha value is -3.08. The van der Waals surface area contributed by atoms with Crippen LogP contribution in [-0.2, 0) is 0 Å². The van der Waals surface area contributed by atoms with E-state index >= 15 is 0 Å². The molecule has 2 rings (SSSR count). The zero-order chi connectivity index (χ0) is 18.6. The van der Waals surface area contributed by atoms with Crippen molar-refractivity contribution in [3.05, 3.63) is 60.2 Å². The van der Waals surface area contributed by atoms with Crippen molar-refractivity contribution in [1.29, 1.82) is 5.26 Å². The predicted molar refractivity (Wildman–Crippen MR) is 99.0 cm³/mol. The van der Waals surface area contributed by atoms with Crippen molar-refractivity contribution in [3.8, 4) is 11.8 Å². The van der Waals surface area contributed by atoms with Crippen LogP contribution in [0.15, 0.2) is 54.6 Å². The van der Waals surface area contributed by atoms with Gasteiger partial charge < -0.3 is 25.8 Å². The maximum atomic E-state index is 11.7. The quantitative estimate of drug-likeness (QED) is 0.513. The molecule has 1 atom stereocenters. The van der Waals surface area contributed by atoms with Gasteiger partial charge in [0.05, 0.1) is 5.56 Å². The van der Waals surface area contributed by atoms with Crippen LogP contribution in [0.1, 0.15) is 5.56 Å². The number of urea groups is 1. The Labute approximate surface area is 152 Å². The highest BCUT2D eigenvalue weighted by molar-refractivity contribution is 5.89. The number of nitriles is 1. The van der Waals surface area contributed by atoms with E-state index in [0.717, 1.165) is 5.69 Å². The monoisotopic (exact) mass is 354 g/mol. The summed E-state index contributed by atoms with van der Waals surface area (Å²) in [5.41, 5.74) is 1.16. The first-order valence-electron chi connectivity index (χ1n) is 8.29. The average Bonchev–Trinajstić information content (AvgIpc) is 2.67. The number of aliphatic hydroxyl groups is 1. The van der Waals surface area contributed by atoms with Crippen LogP contribution in [0, 0.1) is 11.3 Å². The summed E-state index contributed by atoms with van der Waals surface area (Å²) < 4.78 is 5.46. The molecular weight excluding hydrogens is 332 g/mol. The molecule has 7 nitrogen and oxygen atoms in total. The van der Waals surface area contributed by atoms with E-state index < -0.39 is 6.10 Å². The van der Waals surface area contributed by atoms with Crippen molar-refractivity contribution in [2.24, 2.45) is 0 Å². The van der Waals surface area contributed by atoms with E-state index in [9.17, 15) is 9.90 Å². The Morgan fingerprint density at radius 1 is 1.12 bits per heavy atom. The summed E-state index contributed by atoms with van der Waals surface area (Å²) in [4.78, 5) is 11.7. The maximum Gasteiger partial charge on any atom is 0.319 e. The predicted octanol–water partition coefficient (Wildman–Crippen LogP) is 1.71. The van der Waals surface area contributed by atoms with Gasteiger partial charge in [-0.15, -0.1) is 0 Å². The second kappa shape index (κ2) is 10.7. The second-order valence-electron chi connectivity index (χ2n) is 5.52. The van der Waals surface area contributed by atoms with Crippen molar-refractivity contribution in [2.75, 3.05) is 31.6 Å². The average molecular weight is 354 g/mol. The number of rotatable bonds is 9. The van der Waals surface area contributed by atoms with E-state index in [2.05, 4.69) is 16.0 Å². The Kier molecular flexibility index (Phi) is 7.93. The molecule has 0 unspecified atom stereocenters. The van der Waals surface area contributed by atoms with E-state index in [1.807, 2.05) is 24.3 Å². The molecule has 2 amide bonds. The van der Waals surface area contributed by atoms with Gasteiger partial charge >= 0.3 is 6.03 Å². The number of carbonyl (C=O) groups is 1. The van der Waals surface area contributed by atoms with Gasteiger partial charge in [0.25, 0.3) is 0 Å². The van der Waals surface area contributed by atoms with E-state index in [-0.39, 0.29) is 12.6 Å². The molecule has 0 radical (unpaired) electrons. The van der Waals surface area contributed by atoms with E-state index in [1.165, 1.54) is 0 Å². The highest BCUT2D eigenvalue weighted by Crippen LogP contribution is 2.16. The molecule has 0 spiro atoms. The normalized spacial score (nSPS) is 11.2. The molecule has 0 saturated carbocycles. The summed E-state index contributed by atoms with van der Waals surface area (Å²) in [6, 6.07) is 17.8. The minimum absolute atomic E-state index is 0.0770. The third-order valence-electron chi connectivity index (χ3n) is 3.44. The molecule has 26 heavy (non-hydrogen) atoms. The summed E-state index contributed by atoms with van der Waals surface area (Å²) in [6.07, 6.45) is -0.722. The van der Waals surface area contributed by atoms with Crippen molar-refractivity contribution in [1.82, 2.24) is 10.6 Å². The topological polar surface area (TPSA) is 106 Å². The Morgan fingerprint density at radius 3 is 2.62 bits per heavy atom.